The van der Waals surface area contributed by atoms with E-state index >= 15 is 0 Å². The molecule has 3 rings (SSSR count). The van der Waals surface area contributed by atoms with Crippen LogP contribution in [-0.4, -0.2) is 31.1 Å². The van der Waals surface area contributed by atoms with Crippen molar-refractivity contribution in [2.75, 3.05) is 20.3 Å². The highest BCUT2D eigenvalue weighted by Gasteiger charge is 2.21. The van der Waals surface area contributed by atoms with Gasteiger partial charge < -0.3 is 18.8 Å². The van der Waals surface area contributed by atoms with Gasteiger partial charge in [-0.05, 0) is 35.7 Å². The van der Waals surface area contributed by atoms with Gasteiger partial charge in [0.1, 0.15) is 18.1 Å². The molecular weight excluding hydrogens is 350 g/mol. The lowest BCUT2D eigenvalue weighted by atomic mass is 10.1. The number of rotatable bonds is 9. The van der Waals surface area contributed by atoms with Crippen LogP contribution >= 0.6 is 11.3 Å². The zero-order chi connectivity index (χ0) is 18.2. The predicted molar refractivity (Wildman–Crippen MR) is 100 cm³/mol. The maximum atomic E-state index is 13.2. The molecule has 0 aliphatic heterocycles. The Hall–Kier alpha value is -2.57. The van der Waals surface area contributed by atoms with Crippen molar-refractivity contribution >= 4 is 17.2 Å². The zero-order valence-electron chi connectivity index (χ0n) is 14.6. The van der Waals surface area contributed by atoms with E-state index in [1.54, 1.807) is 41.7 Å². The molecule has 0 aliphatic carbocycles. The second-order valence-electron chi connectivity index (χ2n) is 5.66. The molecule has 0 atom stereocenters. The van der Waals surface area contributed by atoms with Crippen LogP contribution in [0.5, 0.6) is 5.75 Å². The Kier molecular flexibility index (Phi) is 6.46. The number of methoxy groups -OCH3 is 1. The van der Waals surface area contributed by atoms with Gasteiger partial charge in [-0.15, -0.1) is 11.3 Å². The fourth-order valence-electron chi connectivity index (χ4n) is 2.56. The summed E-state index contributed by atoms with van der Waals surface area (Å²) in [6, 6.07) is 15.0. The third kappa shape index (κ3) is 4.74. The molecule has 0 unspecified atom stereocenters. The lowest BCUT2D eigenvalue weighted by molar-refractivity contribution is 0.0712. The maximum Gasteiger partial charge on any atom is 0.258 e. The van der Waals surface area contributed by atoms with Crippen LogP contribution in [0, 0.1) is 0 Å². The van der Waals surface area contributed by atoms with E-state index in [4.69, 9.17) is 13.9 Å². The average molecular weight is 371 g/mol. The van der Waals surface area contributed by atoms with Crippen LogP contribution in [0.15, 0.2) is 64.6 Å². The number of carbonyl (C=O) groups excluding carboxylic acids is 1. The highest BCUT2D eigenvalue weighted by atomic mass is 32.1. The number of amides is 1. The summed E-state index contributed by atoms with van der Waals surface area (Å²) >= 11 is 1.63. The van der Waals surface area contributed by atoms with Crippen LogP contribution in [0.2, 0.25) is 0 Å². The van der Waals surface area contributed by atoms with Crippen molar-refractivity contribution in [1.29, 1.82) is 0 Å². The largest absolute Gasteiger partial charge is 0.490 e. The minimum atomic E-state index is -0.0946. The zero-order valence-corrected chi connectivity index (χ0v) is 15.4. The van der Waals surface area contributed by atoms with Crippen LogP contribution in [0.4, 0.5) is 0 Å². The van der Waals surface area contributed by atoms with Crippen molar-refractivity contribution < 1.29 is 18.7 Å². The molecule has 0 saturated carbocycles. The van der Waals surface area contributed by atoms with E-state index in [2.05, 4.69) is 0 Å². The molecule has 1 aromatic carbocycles. The summed E-state index contributed by atoms with van der Waals surface area (Å²) in [7, 11) is 1.62. The van der Waals surface area contributed by atoms with E-state index in [1.165, 1.54) is 0 Å². The number of carbonyl (C=O) groups is 1. The number of hydrogen-bond donors (Lipinski definition) is 0. The minimum absolute atomic E-state index is 0.0946. The summed E-state index contributed by atoms with van der Waals surface area (Å²) in [6.45, 7) is 1.78. The maximum absolute atomic E-state index is 13.2. The van der Waals surface area contributed by atoms with Crippen LogP contribution in [0.25, 0.3) is 0 Å². The standard InChI is InChI=1S/C20H21NO4S/c1-23-11-12-25-19-9-3-2-8-18(19)20(22)21(14-16-6-4-10-24-16)15-17-7-5-13-26-17/h2-10,13H,11-12,14-15H2,1H3. The van der Waals surface area contributed by atoms with E-state index in [-0.39, 0.29) is 5.91 Å². The fourth-order valence-corrected chi connectivity index (χ4v) is 3.27. The number of thiophene rings is 1. The first kappa shape index (κ1) is 18.2. The molecule has 2 heterocycles. The highest BCUT2D eigenvalue weighted by Crippen LogP contribution is 2.23. The molecule has 0 spiro atoms. The Labute approximate surface area is 156 Å². The second-order valence-corrected chi connectivity index (χ2v) is 6.69. The molecule has 0 saturated heterocycles. The number of ether oxygens (including phenoxy) is 2. The van der Waals surface area contributed by atoms with Crippen molar-refractivity contribution in [3.05, 3.63) is 76.4 Å². The molecule has 26 heavy (non-hydrogen) atoms. The summed E-state index contributed by atoms with van der Waals surface area (Å²) in [5.41, 5.74) is 0.534. The summed E-state index contributed by atoms with van der Waals surface area (Å²) in [4.78, 5) is 16.1. The SMILES string of the molecule is COCCOc1ccccc1C(=O)N(Cc1ccco1)Cc1cccs1. The lowest BCUT2D eigenvalue weighted by Crippen LogP contribution is -2.30. The topological polar surface area (TPSA) is 51.9 Å². The van der Waals surface area contributed by atoms with Crippen molar-refractivity contribution in [2.24, 2.45) is 0 Å². The molecule has 0 bridgehead atoms. The van der Waals surface area contributed by atoms with E-state index in [9.17, 15) is 4.79 Å². The van der Waals surface area contributed by atoms with E-state index in [0.717, 1.165) is 10.6 Å². The average Bonchev–Trinajstić information content (AvgIpc) is 3.35. The van der Waals surface area contributed by atoms with Gasteiger partial charge in [0.05, 0.1) is 31.5 Å². The van der Waals surface area contributed by atoms with Gasteiger partial charge in [0, 0.05) is 12.0 Å². The van der Waals surface area contributed by atoms with Gasteiger partial charge in [0.2, 0.25) is 0 Å². The summed E-state index contributed by atoms with van der Waals surface area (Å²) < 4.78 is 16.2. The van der Waals surface area contributed by atoms with Gasteiger partial charge in [-0.1, -0.05) is 18.2 Å². The van der Waals surface area contributed by atoms with Gasteiger partial charge in [0.15, 0.2) is 0 Å². The second kappa shape index (κ2) is 9.22. The van der Waals surface area contributed by atoms with Gasteiger partial charge in [-0.3, -0.25) is 4.79 Å². The van der Waals surface area contributed by atoms with Gasteiger partial charge in [0.25, 0.3) is 5.91 Å². The predicted octanol–water partition coefficient (Wildman–Crippen LogP) is 4.21. The Balaban J connectivity index is 1.82. The smallest absolute Gasteiger partial charge is 0.258 e. The third-order valence-electron chi connectivity index (χ3n) is 3.80. The van der Waals surface area contributed by atoms with E-state index in [1.807, 2.05) is 41.8 Å². The Morgan fingerprint density at radius 3 is 2.69 bits per heavy atom. The van der Waals surface area contributed by atoms with Crippen molar-refractivity contribution in [3.8, 4) is 5.75 Å². The van der Waals surface area contributed by atoms with Gasteiger partial charge in [-0.25, -0.2) is 0 Å². The Morgan fingerprint density at radius 1 is 1.08 bits per heavy atom. The molecule has 0 N–H and O–H groups in total. The number of hydrogen-bond acceptors (Lipinski definition) is 5. The first-order valence-electron chi connectivity index (χ1n) is 8.32. The molecule has 3 aromatic rings. The molecule has 6 heteroatoms. The van der Waals surface area contributed by atoms with Crippen molar-refractivity contribution in [3.63, 3.8) is 0 Å². The van der Waals surface area contributed by atoms with Gasteiger partial charge in [-0.2, -0.15) is 0 Å². The van der Waals surface area contributed by atoms with Crippen LogP contribution in [0.3, 0.4) is 0 Å². The number of nitrogens with zero attached hydrogens (tertiary/aromatic N) is 1. The lowest BCUT2D eigenvalue weighted by Gasteiger charge is -2.22. The number of furan rings is 1. The first-order chi connectivity index (χ1) is 12.8. The monoisotopic (exact) mass is 371 g/mol. The normalized spacial score (nSPS) is 10.7. The fraction of sp³-hybridized carbons (Fsp3) is 0.250. The molecule has 2 aromatic heterocycles. The quantitative estimate of drug-likeness (QED) is 0.529. The summed E-state index contributed by atoms with van der Waals surface area (Å²) in [6.07, 6.45) is 1.62. The Morgan fingerprint density at radius 2 is 1.96 bits per heavy atom. The number of para-hydroxylation sites is 1. The van der Waals surface area contributed by atoms with Crippen LogP contribution in [0.1, 0.15) is 21.0 Å². The molecule has 0 radical (unpaired) electrons. The molecule has 0 fully saturated rings. The van der Waals surface area contributed by atoms with E-state index < -0.39 is 0 Å². The Bertz CT molecular complexity index is 763. The molecule has 0 aliphatic rings. The summed E-state index contributed by atoms with van der Waals surface area (Å²) in [5.74, 6) is 1.21. The van der Waals surface area contributed by atoms with Crippen molar-refractivity contribution in [2.45, 2.75) is 13.1 Å². The molecular formula is C20H21NO4S. The van der Waals surface area contributed by atoms with Crippen LogP contribution in [-0.2, 0) is 17.8 Å². The molecule has 1 amide bonds. The van der Waals surface area contributed by atoms with Gasteiger partial charge >= 0.3 is 0 Å². The minimum Gasteiger partial charge on any atom is -0.490 e. The highest BCUT2D eigenvalue weighted by molar-refractivity contribution is 7.09. The molecule has 136 valence electrons. The number of benzene rings is 1. The van der Waals surface area contributed by atoms with Crippen LogP contribution < -0.4 is 4.74 Å². The van der Waals surface area contributed by atoms with Crippen molar-refractivity contribution in [1.82, 2.24) is 4.90 Å². The first-order valence-corrected chi connectivity index (χ1v) is 9.20. The van der Waals surface area contributed by atoms with E-state index in [0.29, 0.717) is 37.6 Å². The summed E-state index contributed by atoms with van der Waals surface area (Å²) in [5, 5.41) is 2.01. The molecule has 5 nitrogen and oxygen atoms in total. The third-order valence-corrected chi connectivity index (χ3v) is 4.66.